The smallest absolute Gasteiger partial charge is 0.157 e. The molecule has 1 aliphatic rings. The van der Waals surface area contributed by atoms with Crippen molar-refractivity contribution in [1.82, 2.24) is 20.1 Å². The van der Waals surface area contributed by atoms with Crippen LogP contribution in [-0.4, -0.2) is 32.3 Å². The number of hydrogen-bond donors (Lipinski definition) is 1. The predicted molar refractivity (Wildman–Crippen MR) is 80.4 cm³/mol. The fourth-order valence-corrected chi connectivity index (χ4v) is 3.72. The molecule has 0 aromatic carbocycles. The summed E-state index contributed by atoms with van der Waals surface area (Å²) in [5.41, 5.74) is 3.27. The molecule has 102 valence electrons. The van der Waals surface area contributed by atoms with Gasteiger partial charge in [-0.15, -0.1) is 0 Å². The van der Waals surface area contributed by atoms with Crippen molar-refractivity contribution in [1.29, 1.82) is 0 Å². The zero-order valence-electron chi connectivity index (χ0n) is 11.5. The van der Waals surface area contributed by atoms with E-state index in [1.165, 1.54) is 35.3 Å². The average molecular weight is 276 g/mol. The number of nitrogens with zero attached hydrogens (tertiary/aromatic N) is 3. The van der Waals surface area contributed by atoms with Crippen molar-refractivity contribution < 1.29 is 0 Å². The highest BCUT2D eigenvalue weighted by molar-refractivity contribution is 7.99. The quantitative estimate of drug-likeness (QED) is 0.934. The fraction of sp³-hybridized carbons (Fsp3) is 0.571. The summed E-state index contributed by atoms with van der Waals surface area (Å²) < 4.78 is 1.85. The van der Waals surface area contributed by atoms with Gasteiger partial charge in [-0.3, -0.25) is 4.68 Å². The molecule has 1 atom stereocenters. The van der Waals surface area contributed by atoms with Crippen molar-refractivity contribution in [3.05, 3.63) is 23.5 Å². The first-order chi connectivity index (χ1) is 9.24. The minimum absolute atomic E-state index is 0.657. The highest BCUT2D eigenvalue weighted by Crippen LogP contribution is 2.19. The van der Waals surface area contributed by atoms with Crippen molar-refractivity contribution in [2.24, 2.45) is 7.05 Å². The second-order valence-corrected chi connectivity index (χ2v) is 6.37. The number of aromatic nitrogens is 3. The summed E-state index contributed by atoms with van der Waals surface area (Å²) in [6.07, 6.45) is 4.60. The van der Waals surface area contributed by atoms with Crippen LogP contribution in [0.25, 0.3) is 11.0 Å². The van der Waals surface area contributed by atoms with Gasteiger partial charge in [0.15, 0.2) is 5.65 Å². The molecule has 3 rings (SSSR count). The third kappa shape index (κ3) is 2.77. The Morgan fingerprint density at radius 1 is 1.53 bits per heavy atom. The van der Waals surface area contributed by atoms with Gasteiger partial charge < -0.3 is 5.32 Å². The van der Waals surface area contributed by atoms with E-state index in [2.05, 4.69) is 33.2 Å². The van der Waals surface area contributed by atoms with Crippen LogP contribution in [0.2, 0.25) is 0 Å². The van der Waals surface area contributed by atoms with Crippen LogP contribution in [0.15, 0.2) is 12.3 Å². The number of nitrogens with one attached hydrogen (secondary N) is 1. The molecule has 0 amide bonds. The van der Waals surface area contributed by atoms with Gasteiger partial charge in [-0.25, -0.2) is 4.98 Å². The highest BCUT2D eigenvalue weighted by atomic mass is 32.2. The van der Waals surface area contributed by atoms with Crippen molar-refractivity contribution >= 4 is 22.8 Å². The van der Waals surface area contributed by atoms with Gasteiger partial charge in [-0.2, -0.15) is 16.9 Å². The van der Waals surface area contributed by atoms with Gasteiger partial charge in [0.1, 0.15) is 0 Å². The molecule has 0 bridgehead atoms. The Bertz CT molecular complexity index is 572. The van der Waals surface area contributed by atoms with Gasteiger partial charge in [-0.1, -0.05) is 0 Å². The average Bonchev–Trinajstić information content (AvgIpc) is 2.73. The van der Waals surface area contributed by atoms with Crippen molar-refractivity contribution in [3.8, 4) is 0 Å². The molecule has 0 aliphatic carbocycles. The lowest BCUT2D eigenvalue weighted by atomic mass is 10.1. The second-order valence-electron chi connectivity index (χ2n) is 5.22. The lowest BCUT2D eigenvalue weighted by Gasteiger charge is -2.22. The van der Waals surface area contributed by atoms with Gasteiger partial charge in [0.25, 0.3) is 0 Å². The molecule has 0 radical (unpaired) electrons. The highest BCUT2D eigenvalue weighted by Gasteiger charge is 2.13. The molecule has 1 N–H and O–H groups in total. The monoisotopic (exact) mass is 276 g/mol. The molecular formula is C14H20N4S. The Kier molecular flexibility index (Phi) is 3.75. The second kappa shape index (κ2) is 5.51. The van der Waals surface area contributed by atoms with E-state index in [-0.39, 0.29) is 0 Å². The Labute approximate surface area is 118 Å². The first kappa shape index (κ1) is 12.9. The number of hydrogen-bond acceptors (Lipinski definition) is 4. The van der Waals surface area contributed by atoms with Crippen LogP contribution in [0, 0.1) is 6.92 Å². The summed E-state index contributed by atoms with van der Waals surface area (Å²) >= 11 is 2.06. The lowest BCUT2D eigenvalue weighted by Crippen LogP contribution is -2.33. The Morgan fingerprint density at radius 3 is 3.21 bits per heavy atom. The molecule has 19 heavy (non-hydrogen) atoms. The summed E-state index contributed by atoms with van der Waals surface area (Å²) in [4.78, 5) is 4.52. The molecule has 5 heteroatoms. The van der Waals surface area contributed by atoms with Crippen LogP contribution in [0.1, 0.15) is 24.1 Å². The van der Waals surface area contributed by atoms with Gasteiger partial charge in [0, 0.05) is 37.0 Å². The number of thioether (sulfide) groups is 1. The molecule has 1 fully saturated rings. The van der Waals surface area contributed by atoms with E-state index in [4.69, 9.17) is 0 Å². The van der Waals surface area contributed by atoms with Crippen LogP contribution in [-0.2, 0) is 13.6 Å². The van der Waals surface area contributed by atoms with Gasteiger partial charge in [0.2, 0.25) is 0 Å². The van der Waals surface area contributed by atoms with E-state index in [9.17, 15) is 0 Å². The number of pyridine rings is 1. The Balaban J connectivity index is 1.72. The SMILES string of the molecule is Cc1nn(C)c2ncc(CNC3CCCSC3)cc12. The molecule has 0 spiro atoms. The van der Waals surface area contributed by atoms with Crippen molar-refractivity contribution in [2.75, 3.05) is 11.5 Å². The fourth-order valence-electron chi connectivity index (χ4n) is 2.61. The summed E-state index contributed by atoms with van der Waals surface area (Å²) in [7, 11) is 1.94. The molecule has 1 saturated heterocycles. The first-order valence-corrected chi connectivity index (χ1v) is 7.99. The Morgan fingerprint density at radius 2 is 2.42 bits per heavy atom. The third-order valence-corrected chi connectivity index (χ3v) is 4.89. The zero-order valence-corrected chi connectivity index (χ0v) is 12.3. The van der Waals surface area contributed by atoms with Crippen LogP contribution in [0.5, 0.6) is 0 Å². The first-order valence-electron chi connectivity index (χ1n) is 6.83. The molecule has 2 aromatic heterocycles. The van der Waals surface area contributed by atoms with Crippen molar-refractivity contribution in [3.63, 3.8) is 0 Å². The van der Waals surface area contributed by atoms with Crippen LogP contribution < -0.4 is 5.32 Å². The van der Waals surface area contributed by atoms with E-state index >= 15 is 0 Å². The summed E-state index contributed by atoms with van der Waals surface area (Å²) in [6.45, 7) is 2.95. The van der Waals surface area contributed by atoms with Crippen LogP contribution in [0.4, 0.5) is 0 Å². The number of rotatable bonds is 3. The molecule has 0 saturated carbocycles. The number of fused-ring (bicyclic) bond motifs is 1. The topological polar surface area (TPSA) is 42.7 Å². The van der Waals surface area contributed by atoms with Crippen LogP contribution >= 0.6 is 11.8 Å². The normalized spacial score (nSPS) is 20.0. The molecule has 3 heterocycles. The zero-order chi connectivity index (χ0) is 13.2. The van der Waals surface area contributed by atoms with E-state index in [0.29, 0.717) is 6.04 Å². The maximum Gasteiger partial charge on any atom is 0.157 e. The standard InChI is InChI=1S/C14H20N4S/c1-10-13-6-11(8-16-14(13)18(2)17-10)7-15-12-4-3-5-19-9-12/h6,8,12,15H,3-5,7,9H2,1-2H3. The largest absolute Gasteiger partial charge is 0.309 e. The number of aryl methyl sites for hydroxylation is 2. The minimum atomic E-state index is 0.657. The van der Waals surface area contributed by atoms with Gasteiger partial charge in [0.05, 0.1) is 5.69 Å². The van der Waals surface area contributed by atoms with Gasteiger partial charge >= 0.3 is 0 Å². The molecule has 1 aliphatic heterocycles. The molecule has 4 nitrogen and oxygen atoms in total. The lowest BCUT2D eigenvalue weighted by molar-refractivity contribution is 0.507. The van der Waals surface area contributed by atoms with E-state index in [0.717, 1.165) is 17.9 Å². The predicted octanol–water partition coefficient (Wildman–Crippen LogP) is 2.26. The van der Waals surface area contributed by atoms with Crippen LogP contribution in [0.3, 0.4) is 0 Å². The molecule has 1 unspecified atom stereocenters. The molecular weight excluding hydrogens is 256 g/mol. The third-order valence-electron chi connectivity index (χ3n) is 3.67. The Hall–Kier alpha value is -1.07. The van der Waals surface area contributed by atoms with E-state index in [1.54, 1.807) is 0 Å². The maximum atomic E-state index is 4.52. The van der Waals surface area contributed by atoms with Crippen molar-refractivity contribution in [2.45, 2.75) is 32.4 Å². The summed E-state index contributed by atoms with van der Waals surface area (Å²) in [5, 5.41) is 9.22. The van der Waals surface area contributed by atoms with Gasteiger partial charge in [-0.05, 0) is 37.1 Å². The minimum Gasteiger partial charge on any atom is -0.309 e. The summed E-state index contributed by atoms with van der Waals surface area (Å²) in [6, 6.07) is 2.87. The van der Waals surface area contributed by atoms with E-state index in [1.807, 2.05) is 24.9 Å². The maximum absolute atomic E-state index is 4.52. The molecule has 2 aromatic rings. The van der Waals surface area contributed by atoms with E-state index < -0.39 is 0 Å². The summed E-state index contributed by atoms with van der Waals surface area (Å²) in [5.74, 6) is 2.56.